The Bertz CT molecular complexity index is 1400. The Kier molecular flexibility index (Phi) is 6.43. The zero-order valence-corrected chi connectivity index (χ0v) is 20.5. The van der Waals surface area contributed by atoms with Crippen molar-refractivity contribution in [1.29, 1.82) is 0 Å². The Hall–Kier alpha value is -2.73. The second-order valence-electron chi connectivity index (χ2n) is 7.98. The number of carbonyl (C=O) groups excluding carboxylic acids is 1. The zero-order valence-electron chi connectivity index (χ0n) is 18.0. The fourth-order valence-corrected chi connectivity index (χ4v) is 7.63. The first-order valence-electron chi connectivity index (χ1n) is 10.7. The number of thiophene rings is 1. The summed E-state index contributed by atoms with van der Waals surface area (Å²) in [5.74, 6) is -0.930. The van der Waals surface area contributed by atoms with Crippen LogP contribution in [-0.2, 0) is 21.4 Å². The van der Waals surface area contributed by atoms with Crippen LogP contribution in [0.1, 0.15) is 18.4 Å². The van der Waals surface area contributed by atoms with Crippen LogP contribution in [0.3, 0.4) is 0 Å². The average molecular weight is 517 g/mol. The third-order valence-electron chi connectivity index (χ3n) is 5.81. The molecule has 176 valence electrons. The van der Waals surface area contributed by atoms with Gasteiger partial charge in [0.2, 0.25) is 5.91 Å². The van der Waals surface area contributed by atoms with Gasteiger partial charge >= 0.3 is 0 Å². The standard InChI is InChI=1S/C23H21FN4O3S3/c24-18-5-1-6-19-21(18)26-23(33-19)28(15-16-4-2-10-25-14-16)22(29)17-8-11-27(12-9-17)34(30,31)20-7-3-13-32-20/h1-7,10,13-14,17H,8-9,11-12,15H2. The van der Waals surface area contributed by atoms with Crippen LogP contribution < -0.4 is 4.90 Å². The van der Waals surface area contributed by atoms with E-state index < -0.39 is 15.8 Å². The monoisotopic (exact) mass is 516 g/mol. The molecular weight excluding hydrogens is 495 g/mol. The molecule has 11 heteroatoms. The van der Waals surface area contributed by atoms with Gasteiger partial charge in [-0.05, 0) is 48.1 Å². The first-order chi connectivity index (χ1) is 16.4. The number of carbonyl (C=O) groups is 1. The maximum Gasteiger partial charge on any atom is 0.252 e. The topological polar surface area (TPSA) is 83.5 Å². The quantitative estimate of drug-likeness (QED) is 0.376. The van der Waals surface area contributed by atoms with Gasteiger partial charge < -0.3 is 0 Å². The van der Waals surface area contributed by atoms with Crippen molar-refractivity contribution in [3.05, 3.63) is 71.6 Å². The second-order valence-corrected chi connectivity index (χ2v) is 12.1. The van der Waals surface area contributed by atoms with E-state index in [1.807, 2.05) is 6.07 Å². The number of halogens is 1. The highest BCUT2D eigenvalue weighted by Gasteiger charge is 2.35. The van der Waals surface area contributed by atoms with E-state index in [9.17, 15) is 17.6 Å². The van der Waals surface area contributed by atoms with Crippen molar-refractivity contribution >= 4 is 54.0 Å². The minimum Gasteiger partial charge on any atom is -0.283 e. The van der Waals surface area contributed by atoms with Gasteiger partial charge in [0.1, 0.15) is 15.5 Å². The van der Waals surface area contributed by atoms with Crippen molar-refractivity contribution in [3.63, 3.8) is 0 Å². The molecule has 0 radical (unpaired) electrons. The van der Waals surface area contributed by atoms with Crippen LogP contribution in [0, 0.1) is 11.7 Å². The molecule has 4 aromatic rings. The Morgan fingerprint density at radius 1 is 1.15 bits per heavy atom. The first kappa shape index (κ1) is 23.0. The van der Waals surface area contributed by atoms with Crippen molar-refractivity contribution in [1.82, 2.24) is 14.3 Å². The third-order valence-corrected chi connectivity index (χ3v) is 10.1. The van der Waals surface area contributed by atoms with Gasteiger partial charge in [-0.2, -0.15) is 4.31 Å². The van der Waals surface area contributed by atoms with Gasteiger partial charge in [-0.25, -0.2) is 17.8 Å². The molecular formula is C23H21FN4O3S3. The summed E-state index contributed by atoms with van der Waals surface area (Å²) in [5, 5.41) is 2.16. The minimum absolute atomic E-state index is 0.142. The fourth-order valence-electron chi connectivity index (χ4n) is 4.03. The number of fused-ring (bicyclic) bond motifs is 1. The Morgan fingerprint density at radius 3 is 2.65 bits per heavy atom. The summed E-state index contributed by atoms with van der Waals surface area (Å²) < 4.78 is 42.4. The fraction of sp³-hybridized carbons (Fsp3) is 0.261. The summed E-state index contributed by atoms with van der Waals surface area (Å²) in [6.45, 7) is 0.791. The van der Waals surface area contributed by atoms with Gasteiger partial charge in [0.25, 0.3) is 10.0 Å². The number of anilines is 1. The maximum absolute atomic E-state index is 14.3. The Labute approximate surface area is 204 Å². The molecule has 5 rings (SSSR count). The number of benzene rings is 1. The predicted octanol–water partition coefficient (Wildman–Crippen LogP) is 4.53. The number of aromatic nitrogens is 2. The molecule has 0 aliphatic carbocycles. The summed E-state index contributed by atoms with van der Waals surface area (Å²) in [5.41, 5.74) is 1.07. The van der Waals surface area contributed by atoms with Crippen molar-refractivity contribution in [2.24, 2.45) is 5.92 Å². The predicted molar refractivity (Wildman–Crippen MR) is 131 cm³/mol. The highest BCUT2D eigenvalue weighted by molar-refractivity contribution is 7.91. The molecule has 0 N–H and O–H groups in total. The SMILES string of the molecule is O=C(C1CCN(S(=O)(=O)c2cccs2)CC1)N(Cc1cccnc1)c1nc2c(F)cccc2s1. The molecule has 4 heterocycles. The van der Waals surface area contributed by atoms with Crippen molar-refractivity contribution < 1.29 is 17.6 Å². The molecule has 0 unspecified atom stereocenters. The van der Waals surface area contributed by atoms with Crippen molar-refractivity contribution in [2.75, 3.05) is 18.0 Å². The number of sulfonamides is 1. The van der Waals surface area contributed by atoms with E-state index >= 15 is 0 Å². The number of hydrogen-bond acceptors (Lipinski definition) is 7. The van der Waals surface area contributed by atoms with Crippen LogP contribution in [0.5, 0.6) is 0 Å². The van der Waals surface area contributed by atoms with Gasteiger partial charge in [-0.1, -0.05) is 29.5 Å². The summed E-state index contributed by atoms with van der Waals surface area (Å²) in [6, 6.07) is 11.7. The molecule has 1 aromatic carbocycles. The van der Waals surface area contributed by atoms with Gasteiger partial charge in [0.15, 0.2) is 5.13 Å². The molecule has 1 fully saturated rings. The zero-order chi connectivity index (χ0) is 23.7. The van der Waals surface area contributed by atoms with Gasteiger partial charge in [-0.3, -0.25) is 14.7 Å². The highest BCUT2D eigenvalue weighted by atomic mass is 32.2. The maximum atomic E-state index is 14.3. The van der Waals surface area contributed by atoms with Crippen LogP contribution in [0.15, 0.2) is 64.4 Å². The summed E-state index contributed by atoms with van der Waals surface area (Å²) in [6.07, 6.45) is 4.16. The Balaban J connectivity index is 1.39. The van der Waals surface area contributed by atoms with Crippen LogP contribution >= 0.6 is 22.7 Å². The molecule has 7 nitrogen and oxygen atoms in total. The van der Waals surface area contributed by atoms with Gasteiger partial charge in [0.05, 0.1) is 11.2 Å². The molecule has 1 aliphatic rings. The van der Waals surface area contributed by atoms with E-state index in [0.29, 0.717) is 26.9 Å². The lowest BCUT2D eigenvalue weighted by atomic mass is 9.96. The summed E-state index contributed by atoms with van der Waals surface area (Å²) >= 11 is 2.45. The van der Waals surface area contributed by atoms with Crippen LogP contribution in [0.2, 0.25) is 0 Å². The molecule has 1 aliphatic heterocycles. The lowest BCUT2D eigenvalue weighted by Crippen LogP contribution is -2.44. The average Bonchev–Trinajstić information content (AvgIpc) is 3.54. The molecule has 0 bridgehead atoms. The number of para-hydroxylation sites is 1. The lowest BCUT2D eigenvalue weighted by molar-refractivity contribution is -0.123. The van der Waals surface area contributed by atoms with E-state index in [2.05, 4.69) is 9.97 Å². The number of piperidine rings is 1. The lowest BCUT2D eigenvalue weighted by Gasteiger charge is -2.32. The van der Waals surface area contributed by atoms with Crippen LogP contribution in [0.25, 0.3) is 10.2 Å². The second kappa shape index (κ2) is 9.49. The molecule has 1 amide bonds. The largest absolute Gasteiger partial charge is 0.283 e. The van der Waals surface area contributed by atoms with Gasteiger partial charge in [-0.15, -0.1) is 11.3 Å². The van der Waals surface area contributed by atoms with E-state index in [1.165, 1.54) is 33.0 Å². The van der Waals surface area contributed by atoms with Crippen LogP contribution in [0.4, 0.5) is 9.52 Å². The normalized spacial score (nSPS) is 15.6. The number of thiazole rings is 1. The smallest absolute Gasteiger partial charge is 0.252 e. The van der Waals surface area contributed by atoms with Gasteiger partial charge in [0, 0.05) is 31.4 Å². The number of amides is 1. The van der Waals surface area contributed by atoms with E-state index in [4.69, 9.17) is 0 Å². The Morgan fingerprint density at radius 2 is 1.97 bits per heavy atom. The third kappa shape index (κ3) is 4.48. The summed E-state index contributed by atoms with van der Waals surface area (Å²) in [4.78, 5) is 23.8. The molecule has 3 aromatic heterocycles. The van der Waals surface area contributed by atoms with Crippen molar-refractivity contribution in [2.45, 2.75) is 23.6 Å². The van der Waals surface area contributed by atoms with Crippen molar-refractivity contribution in [3.8, 4) is 0 Å². The summed E-state index contributed by atoms with van der Waals surface area (Å²) in [7, 11) is -3.54. The number of pyridine rings is 1. The molecule has 34 heavy (non-hydrogen) atoms. The first-order valence-corrected chi connectivity index (χ1v) is 13.9. The number of hydrogen-bond donors (Lipinski definition) is 0. The molecule has 0 atom stereocenters. The number of rotatable bonds is 6. The minimum atomic E-state index is -3.54. The molecule has 1 saturated heterocycles. The highest BCUT2D eigenvalue weighted by Crippen LogP contribution is 2.34. The van der Waals surface area contributed by atoms with Crippen LogP contribution in [-0.4, -0.2) is 41.7 Å². The molecule has 0 saturated carbocycles. The van der Waals surface area contributed by atoms with E-state index in [1.54, 1.807) is 53.0 Å². The van der Waals surface area contributed by atoms with E-state index in [0.717, 1.165) is 5.56 Å². The van der Waals surface area contributed by atoms with E-state index in [-0.39, 0.29) is 37.0 Å². The number of nitrogens with zero attached hydrogens (tertiary/aromatic N) is 4. The molecule has 0 spiro atoms.